The normalized spacial score (nSPS) is 15.4. The number of ether oxygens (including phenoxy) is 1. The molecule has 3 aromatic rings. The number of aromatic amines is 2. The largest absolute Gasteiger partial charge is 0.379 e. The molecule has 1 amide bonds. The van der Waals surface area contributed by atoms with E-state index in [4.69, 9.17) is 4.74 Å². The van der Waals surface area contributed by atoms with Gasteiger partial charge in [-0.2, -0.15) is 5.10 Å². The fourth-order valence-electron chi connectivity index (χ4n) is 3.25. The van der Waals surface area contributed by atoms with Crippen LogP contribution >= 0.6 is 0 Å². The highest BCUT2D eigenvalue weighted by atomic mass is 16.5. The maximum atomic E-state index is 12.4. The summed E-state index contributed by atoms with van der Waals surface area (Å²) in [6, 6.07) is 9.69. The Morgan fingerprint density at radius 3 is 2.88 bits per heavy atom. The van der Waals surface area contributed by atoms with Crippen molar-refractivity contribution >= 4 is 16.8 Å². The molecule has 2 aromatic heterocycles. The number of hydrogen-bond acceptors (Lipinski definition) is 4. The predicted octanol–water partition coefficient (Wildman–Crippen LogP) is 2.01. The Labute approximate surface area is 151 Å². The molecule has 0 saturated carbocycles. The average Bonchev–Trinajstić information content (AvgIpc) is 3.34. The molecular formula is C19H23N5O2. The van der Waals surface area contributed by atoms with E-state index in [-0.39, 0.29) is 5.91 Å². The summed E-state index contributed by atoms with van der Waals surface area (Å²) in [6.45, 7) is 5.25. The van der Waals surface area contributed by atoms with Crippen LogP contribution in [0.5, 0.6) is 0 Å². The number of hydrogen-bond donors (Lipinski definition) is 3. The third-order valence-corrected chi connectivity index (χ3v) is 4.72. The maximum Gasteiger partial charge on any atom is 0.251 e. The van der Waals surface area contributed by atoms with Crippen molar-refractivity contribution in [1.82, 2.24) is 25.4 Å². The summed E-state index contributed by atoms with van der Waals surface area (Å²) in [4.78, 5) is 18.1. The number of aromatic nitrogens is 3. The van der Waals surface area contributed by atoms with E-state index in [0.29, 0.717) is 12.1 Å². The summed E-state index contributed by atoms with van der Waals surface area (Å²) < 4.78 is 5.34. The Balaban J connectivity index is 1.34. The molecule has 0 atom stereocenters. The van der Waals surface area contributed by atoms with Crippen LogP contribution in [-0.2, 0) is 4.74 Å². The third kappa shape index (κ3) is 3.79. The molecule has 0 bridgehead atoms. The van der Waals surface area contributed by atoms with Gasteiger partial charge in [-0.05, 0) is 37.2 Å². The van der Waals surface area contributed by atoms with Gasteiger partial charge in [-0.1, -0.05) is 6.07 Å². The van der Waals surface area contributed by atoms with Gasteiger partial charge in [-0.3, -0.25) is 14.8 Å². The van der Waals surface area contributed by atoms with Crippen molar-refractivity contribution in [1.29, 1.82) is 0 Å². The zero-order valence-electron chi connectivity index (χ0n) is 14.6. The first-order valence-electron chi connectivity index (χ1n) is 9.00. The van der Waals surface area contributed by atoms with E-state index < -0.39 is 0 Å². The zero-order valence-corrected chi connectivity index (χ0v) is 14.6. The van der Waals surface area contributed by atoms with E-state index in [2.05, 4.69) is 25.4 Å². The molecule has 1 aliphatic rings. The molecule has 7 heteroatoms. The summed E-state index contributed by atoms with van der Waals surface area (Å²) in [7, 11) is 0. The van der Waals surface area contributed by atoms with E-state index in [1.54, 1.807) is 6.20 Å². The van der Waals surface area contributed by atoms with Gasteiger partial charge in [0, 0.05) is 42.3 Å². The van der Waals surface area contributed by atoms with Crippen LogP contribution in [0.1, 0.15) is 16.8 Å². The summed E-state index contributed by atoms with van der Waals surface area (Å²) >= 11 is 0. The highest BCUT2D eigenvalue weighted by Crippen LogP contribution is 2.23. The molecule has 136 valence electrons. The minimum Gasteiger partial charge on any atom is -0.379 e. The van der Waals surface area contributed by atoms with Crippen molar-refractivity contribution in [2.75, 3.05) is 39.4 Å². The number of nitrogens with zero attached hydrogens (tertiary/aromatic N) is 2. The standard InChI is InChI=1S/C19H23N5O2/c25-19(20-5-1-7-24-8-10-26-11-9-24)15-3-2-14-12-18(22-17(14)13-15)16-4-6-21-23-16/h2-4,6,12-13,22H,1,5,7-11H2,(H,20,25)(H,21,23). The molecule has 3 heterocycles. The van der Waals surface area contributed by atoms with Gasteiger partial charge >= 0.3 is 0 Å². The first kappa shape index (κ1) is 16.8. The van der Waals surface area contributed by atoms with Crippen LogP contribution < -0.4 is 5.32 Å². The fraction of sp³-hybridized carbons (Fsp3) is 0.368. The molecule has 0 radical (unpaired) electrons. The lowest BCUT2D eigenvalue weighted by Gasteiger charge is -2.26. The quantitative estimate of drug-likeness (QED) is 0.592. The van der Waals surface area contributed by atoms with Gasteiger partial charge in [-0.25, -0.2) is 0 Å². The van der Waals surface area contributed by atoms with Crippen molar-refractivity contribution < 1.29 is 9.53 Å². The molecule has 1 aliphatic heterocycles. The lowest BCUT2D eigenvalue weighted by atomic mass is 10.1. The van der Waals surface area contributed by atoms with Gasteiger partial charge in [0.05, 0.1) is 24.6 Å². The Kier molecular flexibility index (Phi) is 4.99. The van der Waals surface area contributed by atoms with Crippen molar-refractivity contribution in [2.45, 2.75) is 6.42 Å². The number of morpholine rings is 1. The number of nitrogens with one attached hydrogen (secondary N) is 3. The smallest absolute Gasteiger partial charge is 0.251 e. The highest BCUT2D eigenvalue weighted by Gasteiger charge is 2.11. The van der Waals surface area contributed by atoms with Gasteiger partial charge in [0.1, 0.15) is 0 Å². The Hall–Kier alpha value is -2.64. The van der Waals surface area contributed by atoms with Crippen LogP contribution in [0.15, 0.2) is 36.5 Å². The molecule has 0 unspecified atom stereocenters. The third-order valence-electron chi connectivity index (χ3n) is 4.72. The summed E-state index contributed by atoms with van der Waals surface area (Å²) in [5.41, 5.74) is 3.49. The van der Waals surface area contributed by atoms with Gasteiger partial charge in [-0.15, -0.1) is 0 Å². The topological polar surface area (TPSA) is 86.0 Å². The van der Waals surface area contributed by atoms with Crippen molar-refractivity contribution in [3.8, 4) is 11.4 Å². The second-order valence-corrected chi connectivity index (χ2v) is 6.52. The lowest BCUT2D eigenvalue weighted by molar-refractivity contribution is 0.0374. The van der Waals surface area contributed by atoms with Gasteiger partial charge in [0.25, 0.3) is 5.91 Å². The molecule has 0 aliphatic carbocycles. The Morgan fingerprint density at radius 1 is 1.19 bits per heavy atom. The Bertz CT molecular complexity index is 865. The SMILES string of the molecule is O=C(NCCCN1CCOCC1)c1ccc2cc(-c3ccn[nH]3)[nH]c2c1. The molecule has 4 rings (SSSR count). The molecule has 3 N–H and O–H groups in total. The molecule has 1 fully saturated rings. The molecule has 1 saturated heterocycles. The van der Waals surface area contributed by atoms with Crippen LogP contribution in [0.25, 0.3) is 22.3 Å². The number of benzene rings is 1. The van der Waals surface area contributed by atoms with Crippen LogP contribution in [-0.4, -0.2) is 65.4 Å². The van der Waals surface area contributed by atoms with E-state index in [1.807, 2.05) is 30.3 Å². The minimum atomic E-state index is -0.0356. The minimum absolute atomic E-state index is 0.0356. The highest BCUT2D eigenvalue weighted by molar-refractivity contribution is 5.98. The summed E-state index contributed by atoms with van der Waals surface area (Å²) in [5.74, 6) is -0.0356. The number of carbonyl (C=O) groups is 1. The number of fused-ring (bicyclic) bond motifs is 1. The lowest BCUT2D eigenvalue weighted by Crippen LogP contribution is -2.38. The van der Waals surface area contributed by atoms with E-state index in [0.717, 1.165) is 61.6 Å². The molecular weight excluding hydrogens is 330 g/mol. The zero-order chi connectivity index (χ0) is 17.8. The van der Waals surface area contributed by atoms with Gasteiger partial charge in [0.2, 0.25) is 0 Å². The van der Waals surface area contributed by atoms with E-state index in [9.17, 15) is 4.79 Å². The maximum absolute atomic E-state index is 12.4. The molecule has 1 aromatic carbocycles. The van der Waals surface area contributed by atoms with Crippen molar-refractivity contribution in [2.24, 2.45) is 0 Å². The van der Waals surface area contributed by atoms with Crippen LogP contribution in [0.3, 0.4) is 0 Å². The molecule has 0 spiro atoms. The second-order valence-electron chi connectivity index (χ2n) is 6.52. The number of H-pyrrole nitrogens is 2. The van der Waals surface area contributed by atoms with Crippen molar-refractivity contribution in [3.63, 3.8) is 0 Å². The number of amides is 1. The summed E-state index contributed by atoms with van der Waals surface area (Å²) in [6.07, 6.45) is 2.66. The fourth-order valence-corrected chi connectivity index (χ4v) is 3.25. The van der Waals surface area contributed by atoms with Crippen LogP contribution in [0.4, 0.5) is 0 Å². The predicted molar refractivity (Wildman–Crippen MR) is 100 cm³/mol. The summed E-state index contributed by atoms with van der Waals surface area (Å²) in [5, 5.41) is 11.0. The van der Waals surface area contributed by atoms with Crippen LogP contribution in [0.2, 0.25) is 0 Å². The van der Waals surface area contributed by atoms with E-state index >= 15 is 0 Å². The Morgan fingerprint density at radius 2 is 2.08 bits per heavy atom. The first-order valence-corrected chi connectivity index (χ1v) is 9.00. The number of rotatable bonds is 6. The molecule has 7 nitrogen and oxygen atoms in total. The van der Waals surface area contributed by atoms with Crippen LogP contribution in [0, 0.1) is 0 Å². The second kappa shape index (κ2) is 7.72. The van der Waals surface area contributed by atoms with Crippen molar-refractivity contribution in [3.05, 3.63) is 42.1 Å². The first-order chi connectivity index (χ1) is 12.8. The molecule has 26 heavy (non-hydrogen) atoms. The van der Waals surface area contributed by atoms with Gasteiger partial charge in [0.15, 0.2) is 0 Å². The monoisotopic (exact) mass is 353 g/mol. The average molecular weight is 353 g/mol. The number of carbonyl (C=O) groups excluding carboxylic acids is 1. The van der Waals surface area contributed by atoms with E-state index in [1.165, 1.54) is 0 Å². The van der Waals surface area contributed by atoms with Gasteiger partial charge < -0.3 is 15.0 Å².